The Bertz CT molecular complexity index is 673. The number of sulfonamides is 1. The van der Waals surface area contributed by atoms with Crippen molar-refractivity contribution in [3.8, 4) is 0 Å². The summed E-state index contributed by atoms with van der Waals surface area (Å²) in [6.45, 7) is 0.739. The van der Waals surface area contributed by atoms with Gasteiger partial charge in [0.1, 0.15) is 4.90 Å². The zero-order valence-corrected chi connectivity index (χ0v) is 13.8. The van der Waals surface area contributed by atoms with Gasteiger partial charge in [-0.15, -0.1) is 11.3 Å². The van der Waals surface area contributed by atoms with Gasteiger partial charge >= 0.3 is 0 Å². The summed E-state index contributed by atoms with van der Waals surface area (Å²) in [6.07, 6.45) is 1.54. The van der Waals surface area contributed by atoms with Crippen molar-refractivity contribution in [2.24, 2.45) is 0 Å². The maximum atomic E-state index is 12.2. The van der Waals surface area contributed by atoms with Crippen LogP contribution in [0.3, 0.4) is 0 Å². The molecule has 0 atom stereocenters. The Hall–Kier alpha value is -0.870. The summed E-state index contributed by atoms with van der Waals surface area (Å²) in [7, 11) is -1.76. The highest BCUT2D eigenvalue weighted by molar-refractivity contribution is 9.11. The number of nitrogens with one attached hydrogen (secondary N) is 2. The molecular formula is C11H13BrN4O2S2. The zero-order chi connectivity index (χ0) is 14.6. The second-order valence-electron chi connectivity index (χ2n) is 3.92. The third-order valence-corrected chi connectivity index (χ3v) is 6.07. The average Bonchev–Trinajstić information content (AvgIpc) is 2.80. The number of hydrogen-bond acceptors (Lipinski definition) is 6. The van der Waals surface area contributed by atoms with Crippen LogP contribution in [0.2, 0.25) is 0 Å². The smallest absolute Gasteiger partial charge is 0.242 e. The van der Waals surface area contributed by atoms with Crippen molar-refractivity contribution in [3.05, 3.63) is 38.8 Å². The highest BCUT2D eigenvalue weighted by Crippen LogP contribution is 2.31. The number of halogens is 1. The molecule has 0 spiro atoms. The van der Waals surface area contributed by atoms with Crippen LogP contribution in [-0.2, 0) is 23.1 Å². The van der Waals surface area contributed by atoms with Gasteiger partial charge in [-0.2, -0.15) is 10.2 Å². The Morgan fingerprint density at radius 2 is 2.20 bits per heavy atom. The van der Waals surface area contributed by atoms with Gasteiger partial charge in [-0.1, -0.05) is 0 Å². The predicted octanol–water partition coefficient (Wildman–Crippen LogP) is 1.50. The quantitative estimate of drug-likeness (QED) is 0.797. The van der Waals surface area contributed by atoms with Crippen molar-refractivity contribution in [1.82, 2.24) is 20.2 Å². The minimum absolute atomic E-state index is 0.111. The van der Waals surface area contributed by atoms with Crippen LogP contribution in [0, 0.1) is 0 Å². The lowest BCUT2D eigenvalue weighted by molar-refractivity contribution is 0.580. The summed E-state index contributed by atoms with van der Waals surface area (Å²) >= 11 is 4.69. The van der Waals surface area contributed by atoms with Gasteiger partial charge in [-0.05, 0) is 41.2 Å². The van der Waals surface area contributed by atoms with Crippen LogP contribution in [-0.4, -0.2) is 25.7 Å². The first kappa shape index (κ1) is 15.5. The van der Waals surface area contributed by atoms with Gasteiger partial charge < -0.3 is 5.32 Å². The van der Waals surface area contributed by atoms with E-state index in [9.17, 15) is 8.42 Å². The maximum Gasteiger partial charge on any atom is 0.242 e. The van der Waals surface area contributed by atoms with Gasteiger partial charge in [-0.25, -0.2) is 13.1 Å². The molecule has 2 rings (SSSR count). The van der Waals surface area contributed by atoms with E-state index in [0.717, 1.165) is 4.88 Å². The SMILES string of the molecule is CNCc1cc(S(=O)(=O)NCc2cccnn2)c(Br)s1. The summed E-state index contributed by atoms with van der Waals surface area (Å²) in [4.78, 5) is 1.19. The van der Waals surface area contributed by atoms with Crippen molar-refractivity contribution in [2.75, 3.05) is 7.05 Å². The van der Waals surface area contributed by atoms with Gasteiger partial charge in [0.25, 0.3) is 0 Å². The lowest BCUT2D eigenvalue weighted by Crippen LogP contribution is -2.23. The Kier molecular flexibility index (Phi) is 5.22. The summed E-state index contributed by atoms with van der Waals surface area (Å²) < 4.78 is 27.6. The van der Waals surface area contributed by atoms with Crippen LogP contribution in [0.15, 0.2) is 33.1 Å². The molecule has 2 aromatic heterocycles. The van der Waals surface area contributed by atoms with Crippen LogP contribution in [0.4, 0.5) is 0 Å². The van der Waals surface area contributed by atoms with Gasteiger partial charge in [0.15, 0.2) is 0 Å². The Labute approximate surface area is 129 Å². The lowest BCUT2D eigenvalue weighted by Gasteiger charge is -2.04. The Morgan fingerprint density at radius 1 is 1.40 bits per heavy atom. The molecule has 2 heterocycles. The molecule has 0 unspecified atom stereocenters. The molecule has 0 aliphatic carbocycles. The first-order valence-corrected chi connectivity index (χ1v) is 8.81. The van der Waals surface area contributed by atoms with Gasteiger partial charge in [0, 0.05) is 17.6 Å². The normalized spacial score (nSPS) is 11.7. The maximum absolute atomic E-state index is 12.2. The molecule has 0 saturated heterocycles. The van der Waals surface area contributed by atoms with E-state index >= 15 is 0 Å². The fourth-order valence-corrected chi connectivity index (χ4v) is 5.21. The molecule has 0 aromatic carbocycles. The second kappa shape index (κ2) is 6.72. The molecule has 9 heteroatoms. The number of aromatic nitrogens is 2. The van der Waals surface area contributed by atoms with Gasteiger partial charge in [-0.3, -0.25) is 0 Å². The van der Waals surface area contributed by atoms with E-state index < -0.39 is 10.0 Å². The third-order valence-electron chi connectivity index (χ3n) is 2.42. The fourth-order valence-electron chi connectivity index (χ4n) is 1.52. The minimum Gasteiger partial charge on any atom is -0.315 e. The van der Waals surface area contributed by atoms with Crippen LogP contribution in [0.25, 0.3) is 0 Å². The van der Waals surface area contributed by atoms with E-state index in [1.165, 1.54) is 17.5 Å². The highest BCUT2D eigenvalue weighted by atomic mass is 79.9. The summed E-state index contributed by atoms with van der Waals surface area (Å²) in [5.74, 6) is 0. The van der Waals surface area contributed by atoms with E-state index in [-0.39, 0.29) is 11.4 Å². The van der Waals surface area contributed by atoms with Crippen molar-refractivity contribution in [2.45, 2.75) is 18.0 Å². The van der Waals surface area contributed by atoms with E-state index in [1.54, 1.807) is 18.2 Å². The molecule has 108 valence electrons. The Morgan fingerprint density at radius 3 is 2.85 bits per heavy atom. The Balaban J connectivity index is 2.14. The number of thiophene rings is 1. The molecule has 0 fully saturated rings. The van der Waals surface area contributed by atoms with Crippen LogP contribution < -0.4 is 10.0 Å². The van der Waals surface area contributed by atoms with E-state index in [4.69, 9.17) is 0 Å². The number of hydrogen-bond donors (Lipinski definition) is 2. The van der Waals surface area contributed by atoms with E-state index in [1.807, 2.05) is 7.05 Å². The molecule has 2 N–H and O–H groups in total. The molecule has 0 bridgehead atoms. The number of rotatable bonds is 6. The molecule has 6 nitrogen and oxygen atoms in total. The minimum atomic E-state index is -3.57. The zero-order valence-electron chi connectivity index (χ0n) is 10.6. The second-order valence-corrected chi connectivity index (χ2v) is 8.11. The monoisotopic (exact) mass is 376 g/mol. The van der Waals surface area contributed by atoms with Gasteiger partial charge in [0.2, 0.25) is 10.0 Å². The summed E-state index contributed by atoms with van der Waals surface area (Å²) in [5.41, 5.74) is 0.567. The van der Waals surface area contributed by atoms with Crippen molar-refractivity contribution in [3.63, 3.8) is 0 Å². The predicted molar refractivity (Wildman–Crippen MR) is 80.8 cm³/mol. The lowest BCUT2D eigenvalue weighted by atomic mass is 10.4. The third kappa shape index (κ3) is 3.83. The molecule has 0 radical (unpaired) electrons. The molecule has 0 saturated carbocycles. The van der Waals surface area contributed by atoms with Crippen molar-refractivity contribution in [1.29, 1.82) is 0 Å². The highest BCUT2D eigenvalue weighted by Gasteiger charge is 2.20. The van der Waals surface area contributed by atoms with Crippen LogP contribution in [0.5, 0.6) is 0 Å². The van der Waals surface area contributed by atoms with Gasteiger partial charge in [0.05, 0.1) is 16.0 Å². The first-order valence-electron chi connectivity index (χ1n) is 5.72. The van der Waals surface area contributed by atoms with E-state index in [0.29, 0.717) is 16.0 Å². The van der Waals surface area contributed by atoms with Crippen LogP contribution in [0.1, 0.15) is 10.6 Å². The topological polar surface area (TPSA) is 84.0 Å². The largest absolute Gasteiger partial charge is 0.315 e. The standard InChI is InChI=1S/C11H13BrN4O2S2/c1-13-7-9-5-10(11(12)19-9)20(17,18)15-6-8-3-2-4-14-16-8/h2-5,13,15H,6-7H2,1H3. The molecule has 20 heavy (non-hydrogen) atoms. The summed E-state index contributed by atoms with van der Waals surface area (Å²) in [5, 5.41) is 10.5. The summed E-state index contributed by atoms with van der Waals surface area (Å²) in [6, 6.07) is 5.08. The molecule has 0 aliphatic rings. The van der Waals surface area contributed by atoms with E-state index in [2.05, 4.69) is 36.2 Å². The number of nitrogens with zero attached hydrogens (tertiary/aromatic N) is 2. The average molecular weight is 377 g/mol. The molecule has 0 aliphatic heterocycles. The molecule has 0 amide bonds. The van der Waals surface area contributed by atoms with Crippen LogP contribution >= 0.6 is 27.3 Å². The van der Waals surface area contributed by atoms with Crippen molar-refractivity contribution >= 4 is 37.3 Å². The first-order chi connectivity index (χ1) is 9.53. The van der Waals surface area contributed by atoms with Crippen molar-refractivity contribution < 1.29 is 8.42 Å². The molecule has 2 aromatic rings. The molecular weight excluding hydrogens is 364 g/mol. The fraction of sp³-hybridized carbons (Fsp3) is 0.273.